The maximum absolute atomic E-state index is 12.1. The monoisotopic (exact) mass is 321 g/mol. The maximum Gasteiger partial charge on any atom is 0.222 e. The Morgan fingerprint density at radius 1 is 1.23 bits per heavy atom. The molecule has 0 spiro atoms. The van der Waals surface area contributed by atoms with Crippen LogP contribution in [0, 0.1) is 29.1 Å². The Morgan fingerprint density at radius 2 is 2.05 bits per heavy atom. The molecule has 1 aliphatic heterocycles. The number of halogens is 1. The Morgan fingerprint density at radius 3 is 2.82 bits per heavy atom. The van der Waals surface area contributed by atoms with Crippen molar-refractivity contribution in [2.24, 2.45) is 29.1 Å². The highest BCUT2D eigenvalue weighted by atomic mass is 35.5. The number of carbonyl (C=O) groups excluding carboxylic acids is 1. The van der Waals surface area contributed by atoms with Crippen molar-refractivity contribution in [3.8, 4) is 0 Å². The second-order valence-corrected chi connectivity index (χ2v) is 8.76. The number of likely N-dealkylation sites (tertiary alicyclic amines) is 1. The standard InChI is InChI=1S/C19H28ClNO/c1-19-8-3-4-15(19)18-12(11-20)10-16-13(14(18)7-9-19)5-6-17(22)21(16)2/h11,13-16,18H,3-10H2,1-2H3/t13-,14-,15+,16-,18-,19+/m1/s1. The lowest BCUT2D eigenvalue weighted by atomic mass is 9.51. The van der Waals surface area contributed by atoms with Crippen molar-refractivity contribution in [3.63, 3.8) is 0 Å². The molecule has 3 aliphatic carbocycles. The molecule has 0 unspecified atom stereocenters. The molecule has 0 bridgehead atoms. The predicted octanol–water partition coefficient (Wildman–Crippen LogP) is 4.58. The van der Waals surface area contributed by atoms with Crippen molar-refractivity contribution in [1.82, 2.24) is 4.90 Å². The van der Waals surface area contributed by atoms with Gasteiger partial charge in [-0.25, -0.2) is 0 Å². The lowest BCUT2D eigenvalue weighted by Gasteiger charge is -2.57. The van der Waals surface area contributed by atoms with Crippen LogP contribution in [0.1, 0.15) is 58.3 Å². The fourth-order valence-corrected chi connectivity index (χ4v) is 6.82. The number of piperidine rings is 1. The molecule has 3 saturated carbocycles. The first-order valence-electron chi connectivity index (χ1n) is 9.10. The van der Waals surface area contributed by atoms with E-state index in [1.165, 1.54) is 37.7 Å². The fourth-order valence-electron chi connectivity index (χ4n) is 6.58. The van der Waals surface area contributed by atoms with Crippen LogP contribution in [-0.2, 0) is 4.79 Å². The van der Waals surface area contributed by atoms with Gasteiger partial charge in [-0.3, -0.25) is 4.79 Å². The summed E-state index contributed by atoms with van der Waals surface area (Å²) in [4.78, 5) is 14.1. The Bertz CT molecular complexity index is 516. The molecule has 0 radical (unpaired) electrons. The van der Waals surface area contributed by atoms with Gasteiger partial charge in [0, 0.05) is 25.0 Å². The summed E-state index contributed by atoms with van der Waals surface area (Å²) < 4.78 is 0. The number of hydrogen-bond donors (Lipinski definition) is 0. The normalized spacial score (nSPS) is 49.8. The average Bonchev–Trinajstić information content (AvgIpc) is 2.91. The van der Waals surface area contributed by atoms with Crippen LogP contribution in [0.2, 0.25) is 0 Å². The second kappa shape index (κ2) is 5.26. The van der Waals surface area contributed by atoms with E-state index in [1.54, 1.807) is 0 Å². The van der Waals surface area contributed by atoms with Gasteiger partial charge in [0.15, 0.2) is 0 Å². The van der Waals surface area contributed by atoms with Crippen molar-refractivity contribution in [3.05, 3.63) is 11.1 Å². The van der Waals surface area contributed by atoms with Gasteiger partial charge in [-0.15, -0.1) is 0 Å². The topological polar surface area (TPSA) is 20.3 Å². The van der Waals surface area contributed by atoms with E-state index in [0.717, 1.165) is 31.1 Å². The Balaban J connectivity index is 1.69. The van der Waals surface area contributed by atoms with Gasteiger partial charge in [0.1, 0.15) is 0 Å². The fraction of sp³-hybridized carbons (Fsp3) is 0.842. The van der Waals surface area contributed by atoms with E-state index in [0.29, 0.717) is 29.2 Å². The van der Waals surface area contributed by atoms with Crippen LogP contribution in [0.3, 0.4) is 0 Å². The molecular formula is C19H28ClNO. The first-order chi connectivity index (χ1) is 10.5. The molecule has 0 aromatic carbocycles. The van der Waals surface area contributed by atoms with Crippen molar-refractivity contribution in [2.45, 2.75) is 64.3 Å². The Kier molecular flexibility index (Phi) is 3.60. The molecule has 4 fully saturated rings. The molecule has 1 amide bonds. The highest BCUT2D eigenvalue weighted by molar-refractivity contribution is 6.25. The minimum atomic E-state index is 0.329. The summed E-state index contributed by atoms with van der Waals surface area (Å²) in [5.41, 5.74) is 3.88. The molecule has 4 rings (SSSR count). The summed E-state index contributed by atoms with van der Waals surface area (Å²) in [6.45, 7) is 2.52. The third-order valence-corrected chi connectivity index (χ3v) is 8.02. The lowest BCUT2D eigenvalue weighted by molar-refractivity contribution is -0.141. The summed E-state index contributed by atoms with van der Waals surface area (Å²) in [5.74, 6) is 3.32. The van der Waals surface area contributed by atoms with Crippen LogP contribution in [0.15, 0.2) is 11.1 Å². The Labute approximate surface area is 139 Å². The largest absolute Gasteiger partial charge is 0.342 e. The first-order valence-corrected chi connectivity index (χ1v) is 9.53. The number of carbonyl (C=O) groups is 1. The number of nitrogens with zero attached hydrogens (tertiary/aromatic N) is 1. The molecule has 3 heteroatoms. The van der Waals surface area contributed by atoms with Gasteiger partial charge < -0.3 is 4.90 Å². The molecule has 1 saturated heterocycles. The minimum absolute atomic E-state index is 0.329. The van der Waals surface area contributed by atoms with Gasteiger partial charge in [-0.2, -0.15) is 0 Å². The smallest absolute Gasteiger partial charge is 0.222 e. The number of amides is 1. The molecule has 22 heavy (non-hydrogen) atoms. The maximum atomic E-state index is 12.1. The third-order valence-electron chi connectivity index (χ3n) is 7.74. The highest BCUT2D eigenvalue weighted by Gasteiger charge is 2.55. The number of rotatable bonds is 0. The van der Waals surface area contributed by atoms with Crippen molar-refractivity contribution < 1.29 is 4.79 Å². The molecule has 0 N–H and O–H groups in total. The van der Waals surface area contributed by atoms with E-state index in [2.05, 4.69) is 6.92 Å². The quantitative estimate of drug-likeness (QED) is 0.639. The predicted molar refractivity (Wildman–Crippen MR) is 89.5 cm³/mol. The van der Waals surface area contributed by atoms with Crippen LogP contribution < -0.4 is 0 Å². The second-order valence-electron chi connectivity index (χ2n) is 8.54. The van der Waals surface area contributed by atoms with Gasteiger partial charge in [-0.05, 0) is 67.6 Å². The van der Waals surface area contributed by atoms with Gasteiger partial charge >= 0.3 is 0 Å². The zero-order valence-corrected chi connectivity index (χ0v) is 14.6. The van der Waals surface area contributed by atoms with Crippen LogP contribution in [0.25, 0.3) is 0 Å². The zero-order chi connectivity index (χ0) is 15.5. The number of fused-ring (bicyclic) bond motifs is 5. The molecule has 122 valence electrons. The molecular weight excluding hydrogens is 294 g/mol. The van der Waals surface area contributed by atoms with Crippen LogP contribution in [0.4, 0.5) is 0 Å². The van der Waals surface area contributed by atoms with Crippen LogP contribution >= 0.6 is 11.6 Å². The van der Waals surface area contributed by atoms with Gasteiger partial charge in [-0.1, -0.05) is 30.5 Å². The minimum Gasteiger partial charge on any atom is -0.342 e. The average molecular weight is 322 g/mol. The summed E-state index contributed by atoms with van der Waals surface area (Å²) in [5, 5.41) is 0. The zero-order valence-electron chi connectivity index (χ0n) is 13.9. The summed E-state index contributed by atoms with van der Waals surface area (Å²) in [6.07, 6.45) is 9.79. The van der Waals surface area contributed by atoms with Crippen molar-refractivity contribution in [2.75, 3.05) is 7.05 Å². The first kappa shape index (κ1) is 15.1. The molecule has 6 atom stereocenters. The van der Waals surface area contributed by atoms with E-state index in [-0.39, 0.29) is 0 Å². The van der Waals surface area contributed by atoms with Gasteiger partial charge in [0.2, 0.25) is 5.91 Å². The lowest BCUT2D eigenvalue weighted by Crippen LogP contribution is -2.56. The molecule has 1 heterocycles. The van der Waals surface area contributed by atoms with E-state index in [1.807, 2.05) is 17.5 Å². The van der Waals surface area contributed by atoms with E-state index in [4.69, 9.17) is 11.6 Å². The third kappa shape index (κ3) is 2.02. The molecule has 0 aromatic rings. The number of hydrogen-bond acceptors (Lipinski definition) is 1. The molecule has 0 aromatic heterocycles. The molecule has 2 nitrogen and oxygen atoms in total. The van der Waals surface area contributed by atoms with E-state index < -0.39 is 0 Å². The highest BCUT2D eigenvalue weighted by Crippen LogP contribution is 2.62. The van der Waals surface area contributed by atoms with Crippen LogP contribution in [-0.4, -0.2) is 23.9 Å². The van der Waals surface area contributed by atoms with Crippen LogP contribution in [0.5, 0.6) is 0 Å². The Hall–Kier alpha value is -0.500. The van der Waals surface area contributed by atoms with Crippen molar-refractivity contribution >= 4 is 17.5 Å². The summed E-state index contributed by atoms with van der Waals surface area (Å²) >= 11 is 6.29. The van der Waals surface area contributed by atoms with E-state index >= 15 is 0 Å². The molecule has 4 aliphatic rings. The summed E-state index contributed by atoms with van der Waals surface area (Å²) in [6, 6.07) is 0.401. The van der Waals surface area contributed by atoms with Gasteiger partial charge in [0.25, 0.3) is 0 Å². The van der Waals surface area contributed by atoms with Gasteiger partial charge in [0.05, 0.1) is 0 Å². The van der Waals surface area contributed by atoms with Crippen molar-refractivity contribution in [1.29, 1.82) is 0 Å². The van der Waals surface area contributed by atoms with E-state index in [9.17, 15) is 4.79 Å². The SMILES string of the molecule is CN1C(=O)CC[C@@H]2[C@H]3CC[C@]4(C)CCC[C@H]4[C@@H]3C(=CCl)C[C@H]21. The summed E-state index contributed by atoms with van der Waals surface area (Å²) in [7, 11) is 2.01.